The van der Waals surface area contributed by atoms with Crippen LogP contribution in [0.15, 0.2) is 22.8 Å². The number of rotatable bonds is 1. The monoisotopic (exact) mass is 278 g/mol. The van der Waals surface area contributed by atoms with Gasteiger partial charge in [0.2, 0.25) is 0 Å². The number of hydrogen-bond donors (Lipinski definition) is 1. The lowest BCUT2D eigenvalue weighted by Crippen LogP contribution is -2.10. The molecule has 3 rings (SSSR count). The fourth-order valence-corrected chi connectivity index (χ4v) is 3.00. The normalized spacial score (nSPS) is 14.3. The Labute approximate surface area is 101 Å². The van der Waals surface area contributed by atoms with Crippen LogP contribution in [0.4, 0.5) is 0 Å². The number of aryl methyl sites for hydroxylation is 2. The summed E-state index contributed by atoms with van der Waals surface area (Å²) < 4.78 is 3.15. The Bertz CT molecular complexity index is 601. The number of carbonyl (C=O) groups is 1. The molecule has 0 saturated carbocycles. The number of primary amides is 1. The van der Waals surface area contributed by atoms with Gasteiger partial charge in [-0.15, -0.1) is 0 Å². The van der Waals surface area contributed by atoms with Gasteiger partial charge in [-0.3, -0.25) is 4.79 Å². The summed E-state index contributed by atoms with van der Waals surface area (Å²) in [5.41, 5.74) is 8.49. The number of carbonyl (C=O) groups excluding carboxylic acids is 1. The first-order valence-electron chi connectivity index (χ1n) is 5.28. The highest BCUT2D eigenvalue weighted by Gasteiger charge is 2.18. The molecule has 0 fully saturated rings. The first-order valence-corrected chi connectivity index (χ1v) is 6.07. The van der Waals surface area contributed by atoms with E-state index in [1.807, 2.05) is 12.3 Å². The lowest BCUT2D eigenvalue weighted by molar-refractivity contribution is 0.100. The third kappa shape index (κ3) is 1.29. The van der Waals surface area contributed by atoms with Crippen molar-refractivity contribution in [3.8, 4) is 0 Å². The maximum atomic E-state index is 11.4. The summed E-state index contributed by atoms with van der Waals surface area (Å²) in [6, 6.07) is 4.10. The van der Waals surface area contributed by atoms with Crippen LogP contribution in [-0.2, 0) is 13.0 Å². The zero-order valence-corrected chi connectivity index (χ0v) is 10.3. The Balaban J connectivity index is 2.45. The molecule has 1 aromatic heterocycles. The second-order valence-corrected chi connectivity index (χ2v) is 5.08. The zero-order chi connectivity index (χ0) is 11.3. The van der Waals surface area contributed by atoms with Gasteiger partial charge in [0.05, 0.1) is 11.1 Å². The number of hydrogen-bond acceptors (Lipinski definition) is 1. The van der Waals surface area contributed by atoms with Crippen LogP contribution in [0.2, 0.25) is 0 Å². The van der Waals surface area contributed by atoms with Crippen molar-refractivity contribution >= 4 is 32.7 Å². The van der Waals surface area contributed by atoms with Crippen LogP contribution in [0.5, 0.6) is 0 Å². The van der Waals surface area contributed by atoms with Gasteiger partial charge in [-0.1, -0.05) is 15.9 Å². The smallest absolute Gasteiger partial charge is 0.250 e. The molecule has 82 valence electrons. The molecule has 1 aromatic carbocycles. The third-order valence-corrected chi connectivity index (χ3v) is 3.58. The van der Waals surface area contributed by atoms with E-state index in [-0.39, 0.29) is 5.91 Å². The molecule has 16 heavy (non-hydrogen) atoms. The summed E-state index contributed by atoms with van der Waals surface area (Å²) >= 11 is 3.48. The number of nitrogens with zero attached hydrogens (tertiary/aromatic N) is 1. The number of aromatic nitrogens is 1. The first-order chi connectivity index (χ1) is 7.66. The van der Waals surface area contributed by atoms with E-state index < -0.39 is 0 Å². The van der Waals surface area contributed by atoms with E-state index in [9.17, 15) is 4.79 Å². The molecule has 2 N–H and O–H groups in total. The summed E-state index contributed by atoms with van der Waals surface area (Å²) in [5.74, 6) is -0.352. The van der Waals surface area contributed by atoms with Crippen molar-refractivity contribution in [1.82, 2.24) is 4.57 Å². The second kappa shape index (κ2) is 3.35. The fraction of sp³-hybridized carbons (Fsp3) is 0.250. The van der Waals surface area contributed by atoms with Crippen LogP contribution in [0.1, 0.15) is 22.3 Å². The van der Waals surface area contributed by atoms with E-state index in [1.54, 1.807) is 0 Å². The molecule has 1 amide bonds. The van der Waals surface area contributed by atoms with Crippen molar-refractivity contribution in [2.45, 2.75) is 19.4 Å². The van der Waals surface area contributed by atoms with E-state index in [1.165, 1.54) is 11.1 Å². The summed E-state index contributed by atoms with van der Waals surface area (Å²) in [4.78, 5) is 11.4. The molecule has 1 aliphatic rings. The summed E-state index contributed by atoms with van der Waals surface area (Å²) in [6.45, 7) is 0.971. The van der Waals surface area contributed by atoms with Gasteiger partial charge in [0.1, 0.15) is 0 Å². The zero-order valence-electron chi connectivity index (χ0n) is 8.66. The maximum Gasteiger partial charge on any atom is 0.250 e. The Kier molecular flexibility index (Phi) is 2.07. The number of benzene rings is 1. The standard InChI is InChI=1S/C12H11BrN2O/c13-8-4-7-2-1-3-15-6-10(12(14)16)9(5-8)11(7)15/h4-6H,1-3H2,(H2,14,16). The van der Waals surface area contributed by atoms with Crippen molar-refractivity contribution in [1.29, 1.82) is 0 Å². The summed E-state index contributed by atoms with van der Waals surface area (Å²) in [7, 11) is 0. The minimum absolute atomic E-state index is 0.352. The van der Waals surface area contributed by atoms with Gasteiger partial charge in [0.15, 0.2) is 0 Å². The minimum atomic E-state index is -0.352. The molecule has 2 heterocycles. The van der Waals surface area contributed by atoms with Gasteiger partial charge < -0.3 is 10.3 Å². The maximum absolute atomic E-state index is 11.4. The van der Waals surface area contributed by atoms with Crippen molar-refractivity contribution in [3.05, 3.63) is 33.9 Å². The highest BCUT2D eigenvalue weighted by Crippen LogP contribution is 2.32. The second-order valence-electron chi connectivity index (χ2n) is 4.17. The average molecular weight is 279 g/mol. The molecule has 0 spiro atoms. The molecule has 0 aliphatic carbocycles. The molecule has 0 bridgehead atoms. The van der Waals surface area contributed by atoms with Gasteiger partial charge in [0, 0.05) is 22.6 Å². The van der Waals surface area contributed by atoms with Gasteiger partial charge in [-0.05, 0) is 30.5 Å². The Hall–Kier alpha value is -1.29. The molecule has 3 nitrogen and oxygen atoms in total. The molecule has 0 saturated heterocycles. The van der Waals surface area contributed by atoms with Crippen molar-refractivity contribution < 1.29 is 4.79 Å². The van der Waals surface area contributed by atoms with Crippen LogP contribution in [0.3, 0.4) is 0 Å². The first kappa shape index (κ1) is 9.90. The van der Waals surface area contributed by atoms with Gasteiger partial charge in [-0.25, -0.2) is 0 Å². The van der Waals surface area contributed by atoms with Crippen LogP contribution in [0.25, 0.3) is 10.9 Å². The highest BCUT2D eigenvalue weighted by atomic mass is 79.9. The van der Waals surface area contributed by atoms with E-state index in [4.69, 9.17) is 5.73 Å². The van der Waals surface area contributed by atoms with E-state index in [0.717, 1.165) is 29.2 Å². The lowest BCUT2D eigenvalue weighted by Gasteiger charge is -2.15. The molecule has 0 atom stereocenters. The largest absolute Gasteiger partial charge is 0.366 e. The topological polar surface area (TPSA) is 48.0 Å². The van der Waals surface area contributed by atoms with Gasteiger partial charge >= 0.3 is 0 Å². The quantitative estimate of drug-likeness (QED) is 0.856. The van der Waals surface area contributed by atoms with E-state index >= 15 is 0 Å². The molecule has 4 heteroatoms. The molecular weight excluding hydrogens is 268 g/mol. The Morgan fingerprint density at radius 3 is 3.00 bits per heavy atom. The molecule has 2 aromatic rings. The molecule has 1 aliphatic heterocycles. The summed E-state index contributed by atoms with van der Waals surface area (Å²) in [5, 5.41) is 0.969. The fourth-order valence-electron chi connectivity index (χ4n) is 2.49. The van der Waals surface area contributed by atoms with E-state index in [0.29, 0.717) is 5.56 Å². The van der Waals surface area contributed by atoms with Crippen LogP contribution in [0, 0.1) is 0 Å². The van der Waals surface area contributed by atoms with Crippen LogP contribution >= 0.6 is 15.9 Å². The van der Waals surface area contributed by atoms with Gasteiger partial charge in [-0.2, -0.15) is 0 Å². The van der Waals surface area contributed by atoms with Crippen molar-refractivity contribution in [2.24, 2.45) is 5.73 Å². The Morgan fingerprint density at radius 1 is 1.44 bits per heavy atom. The van der Waals surface area contributed by atoms with Gasteiger partial charge in [0.25, 0.3) is 5.91 Å². The van der Waals surface area contributed by atoms with Crippen LogP contribution < -0.4 is 5.73 Å². The van der Waals surface area contributed by atoms with E-state index in [2.05, 4.69) is 26.6 Å². The molecule has 0 unspecified atom stereocenters. The molecule has 0 radical (unpaired) electrons. The average Bonchev–Trinajstić information content (AvgIpc) is 2.59. The number of amides is 1. The van der Waals surface area contributed by atoms with Crippen molar-refractivity contribution in [3.63, 3.8) is 0 Å². The van der Waals surface area contributed by atoms with Crippen molar-refractivity contribution in [2.75, 3.05) is 0 Å². The lowest BCUT2D eigenvalue weighted by atomic mass is 10.0. The number of nitrogens with two attached hydrogens (primary N) is 1. The highest BCUT2D eigenvalue weighted by molar-refractivity contribution is 9.10. The third-order valence-electron chi connectivity index (χ3n) is 3.13. The number of halogens is 1. The predicted octanol–water partition coefficient (Wildman–Crippen LogP) is 2.45. The SMILES string of the molecule is NC(=O)c1cn2c3c(cc(Br)cc13)CCC2. The minimum Gasteiger partial charge on any atom is -0.366 e. The Morgan fingerprint density at radius 2 is 2.25 bits per heavy atom. The van der Waals surface area contributed by atoms with Crippen LogP contribution in [-0.4, -0.2) is 10.5 Å². The summed E-state index contributed by atoms with van der Waals surface area (Å²) in [6.07, 6.45) is 4.06. The predicted molar refractivity (Wildman–Crippen MR) is 66.5 cm³/mol. The molecular formula is C12H11BrN2O.